The van der Waals surface area contributed by atoms with Gasteiger partial charge in [-0.05, 0) is 19.1 Å². The predicted octanol–water partition coefficient (Wildman–Crippen LogP) is 3.16. The van der Waals surface area contributed by atoms with E-state index in [1.807, 2.05) is 0 Å². The molecule has 0 spiro atoms. The number of para-hydroxylation sites is 1. The van der Waals surface area contributed by atoms with Crippen LogP contribution >= 0.6 is 0 Å². The van der Waals surface area contributed by atoms with Gasteiger partial charge in [0.25, 0.3) is 5.56 Å². The number of alkyl halides is 6. The van der Waals surface area contributed by atoms with Crippen molar-refractivity contribution in [1.82, 2.24) is 9.36 Å². The van der Waals surface area contributed by atoms with Crippen LogP contribution in [0.2, 0.25) is 0 Å². The fourth-order valence-corrected chi connectivity index (χ4v) is 2.39. The van der Waals surface area contributed by atoms with E-state index in [4.69, 9.17) is 0 Å². The Morgan fingerprint density at radius 2 is 1.54 bits per heavy atom. The standard InChI is InChI=1S/C15H13F6N3O2/c1-8-10(22-12(25)11(14(16,17)18)15(19,20)21)13(26)24(23(8)2)9-6-4-3-5-7-9/h3-7,11H,1-2H3,(H,22,25). The molecule has 1 aromatic carbocycles. The van der Waals surface area contributed by atoms with Gasteiger partial charge in [-0.15, -0.1) is 0 Å². The van der Waals surface area contributed by atoms with Crippen LogP contribution in [-0.4, -0.2) is 27.6 Å². The highest BCUT2D eigenvalue weighted by Crippen LogP contribution is 2.39. The molecule has 0 aliphatic heterocycles. The Morgan fingerprint density at radius 1 is 1.04 bits per heavy atom. The lowest BCUT2D eigenvalue weighted by atomic mass is 10.1. The molecule has 26 heavy (non-hydrogen) atoms. The third-order valence-corrected chi connectivity index (χ3v) is 3.72. The van der Waals surface area contributed by atoms with Crippen molar-refractivity contribution in [1.29, 1.82) is 0 Å². The molecule has 0 bridgehead atoms. The van der Waals surface area contributed by atoms with E-state index < -0.39 is 35.4 Å². The molecule has 0 saturated heterocycles. The summed E-state index contributed by atoms with van der Waals surface area (Å²) < 4.78 is 78.1. The highest BCUT2D eigenvalue weighted by molar-refractivity contribution is 5.94. The zero-order valence-electron chi connectivity index (χ0n) is 13.4. The van der Waals surface area contributed by atoms with Crippen LogP contribution in [0.1, 0.15) is 5.69 Å². The molecule has 142 valence electrons. The van der Waals surface area contributed by atoms with Crippen molar-refractivity contribution >= 4 is 11.6 Å². The molecule has 0 unspecified atom stereocenters. The van der Waals surface area contributed by atoms with Crippen molar-refractivity contribution in [3.63, 3.8) is 0 Å². The van der Waals surface area contributed by atoms with Crippen molar-refractivity contribution in [3.05, 3.63) is 46.4 Å². The van der Waals surface area contributed by atoms with Gasteiger partial charge in [0.15, 0.2) is 0 Å². The lowest BCUT2D eigenvalue weighted by Gasteiger charge is -2.21. The average molecular weight is 381 g/mol. The number of nitrogens with zero attached hydrogens (tertiary/aromatic N) is 2. The number of amides is 1. The van der Waals surface area contributed by atoms with Gasteiger partial charge >= 0.3 is 12.4 Å². The third kappa shape index (κ3) is 3.60. The van der Waals surface area contributed by atoms with Gasteiger partial charge in [-0.1, -0.05) is 18.2 Å². The fourth-order valence-electron chi connectivity index (χ4n) is 2.39. The molecule has 0 fully saturated rings. The molecule has 0 radical (unpaired) electrons. The molecule has 11 heteroatoms. The quantitative estimate of drug-likeness (QED) is 0.831. The number of rotatable bonds is 3. The Balaban J connectivity index is 2.48. The number of carbonyl (C=O) groups is 1. The second kappa shape index (κ2) is 6.54. The van der Waals surface area contributed by atoms with E-state index in [1.54, 1.807) is 18.2 Å². The summed E-state index contributed by atoms with van der Waals surface area (Å²) in [5.74, 6) is -6.60. The van der Waals surface area contributed by atoms with Crippen molar-refractivity contribution in [2.24, 2.45) is 13.0 Å². The highest BCUT2D eigenvalue weighted by atomic mass is 19.4. The maximum atomic E-state index is 12.7. The van der Waals surface area contributed by atoms with Crippen molar-refractivity contribution in [2.75, 3.05) is 5.32 Å². The van der Waals surface area contributed by atoms with Gasteiger partial charge < -0.3 is 5.32 Å². The molecule has 0 saturated carbocycles. The van der Waals surface area contributed by atoms with Crippen LogP contribution < -0.4 is 10.9 Å². The lowest BCUT2D eigenvalue weighted by molar-refractivity contribution is -0.272. The summed E-state index contributed by atoms with van der Waals surface area (Å²) in [5, 5.41) is 1.49. The first-order chi connectivity index (χ1) is 11.9. The van der Waals surface area contributed by atoms with Crippen LogP contribution in [0, 0.1) is 12.8 Å². The number of carbonyl (C=O) groups excluding carboxylic acids is 1. The summed E-state index contributed by atoms with van der Waals surface area (Å²) in [5.41, 5.74) is -1.28. The first-order valence-corrected chi connectivity index (χ1v) is 7.14. The van der Waals surface area contributed by atoms with Crippen LogP contribution in [-0.2, 0) is 11.8 Å². The molecular formula is C15H13F6N3O2. The Morgan fingerprint density at radius 3 is 2.00 bits per heavy atom. The minimum absolute atomic E-state index is 0.00435. The molecule has 1 aromatic heterocycles. The largest absolute Gasteiger partial charge is 0.409 e. The van der Waals surface area contributed by atoms with Gasteiger partial charge in [0.2, 0.25) is 11.8 Å². The van der Waals surface area contributed by atoms with Gasteiger partial charge in [0, 0.05) is 7.05 Å². The normalized spacial score (nSPS) is 12.5. The first kappa shape index (κ1) is 19.6. The van der Waals surface area contributed by atoms with Crippen molar-refractivity contribution in [3.8, 4) is 5.69 Å². The number of benzene rings is 1. The minimum Gasteiger partial charge on any atom is -0.319 e. The first-order valence-electron chi connectivity index (χ1n) is 7.14. The molecule has 0 atom stereocenters. The molecule has 0 aliphatic rings. The summed E-state index contributed by atoms with van der Waals surface area (Å²) >= 11 is 0. The summed E-state index contributed by atoms with van der Waals surface area (Å²) in [7, 11) is 1.38. The molecule has 1 N–H and O–H groups in total. The van der Waals surface area contributed by atoms with Crippen molar-refractivity contribution < 1.29 is 31.1 Å². The summed E-state index contributed by atoms with van der Waals surface area (Å²) in [6.07, 6.45) is -11.7. The molecule has 0 aliphatic carbocycles. The maximum absolute atomic E-state index is 12.7. The van der Waals surface area contributed by atoms with E-state index in [-0.39, 0.29) is 5.69 Å². The zero-order valence-corrected chi connectivity index (χ0v) is 13.4. The highest BCUT2D eigenvalue weighted by Gasteiger charge is 2.61. The van der Waals surface area contributed by atoms with E-state index in [1.165, 1.54) is 36.1 Å². The second-order valence-electron chi connectivity index (χ2n) is 5.44. The number of aromatic nitrogens is 2. The van der Waals surface area contributed by atoms with Gasteiger partial charge in [0.1, 0.15) is 5.69 Å². The predicted molar refractivity (Wildman–Crippen MR) is 80.0 cm³/mol. The Bertz CT molecular complexity index is 850. The lowest BCUT2D eigenvalue weighted by Crippen LogP contribution is -2.45. The fraction of sp³-hybridized carbons (Fsp3) is 0.333. The van der Waals surface area contributed by atoms with Gasteiger partial charge in [-0.25, -0.2) is 4.68 Å². The summed E-state index contributed by atoms with van der Waals surface area (Å²) in [4.78, 5) is 24.1. The zero-order chi connectivity index (χ0) is 19.9. The van der Waals surface area contributed by atoms with Crippen molar-refractivity contribution in [2.45, 2.75) is 19.3 Å². The Labute approximate surface area is 142 Å². The summed E-state index contributed by atoms with van der Waals surface area (Å²) in [6, 6.07) is 7.86. The number of hydrogen-bond donors (Lipinski definition) is 1. The van der Waals surface area contributed by atoms with Gasteiger partial charge in [-0.3, -0.25) is 14.3 Å². The van der Waals surface area contributed by atoms with Crippen LogP contribution in [0.3, 0.4) is 0 Å². The number of hydrogen-bond acceptors (Lipinski definition) is 2. The van der Waals surface area contributed by atoms with Crippen LogP contribution in [0.4, 0.5) is 32.0 Å². The maximum Gasteiger partial charge on any atom is 0.409 e. The van der Waals surface area contributed by atoms with Crippen LogP contribution in [0.15, 0.2) is 35.1 Å². The average Bonchev–Trinajstić information content (AvgIpc) is 2.69. The minimum atomic E-state index is -5.84. The monoisotopic (exact) mass is 381 g/mol. The summed E-state index contributed by atoms with van der Waals surface area (Å²) in [6.45, 7) is 1.28. The van der Waals surface area contributed by atoms with Gasteiger partial charge in [-0.2, -0.15) is 26.3 Å². The molecule has 2 rings (SSSR count). The number of anilines is 1. The molecule has 1 heterocycles. The second-order valence-corrected chi connectivity index (χ2v) is 5.44. The van der Waals surface area contributed by atoms with E-state index in [0.717, 1.165) is 4.68 Å². The smallest absolute Gasteiger partial charge is 0.319 e. The number of nitrogens with one attached hydrogen (secondary N) is 1. The van der Waals surface area contributed by atoms with Crippen LogP contribution in [0.25, 0.3) is 5.69 Å². The van der Waals surface area contributed by atoms with Crippen LogP contribution in [0.5, 0.6) is 0 Å². The molecule has 1 amide bonds. The van der Waals surface area contributed by atoms with E-state index in [0.29, 0.717) is 5.69 Å². The van der Waals surface area contributed by atoms with E-state index in [2.05, 4.69) is 0 Å². The molecular weight excluding hydrogens is 368 g/mol. The van der Waals surface area contributed by atoms with Gasteiger partial charge in [0.05, 0.1) is 11.4 Å². The Hall–Kier alpha value is -2.72. The number of halogens is 6. The molecule has 2 aromatic rings. The topological polar surface area (TPSA) is 56.0 Å². The molecule has 5 nitrogen and oxygen atoms in total. The van der Waals surface area contributed by atoms with E-state index in [9.17, 15) is 35.9 Å². The SMILES string of the molecule is Cc1c(NC(=O)C(C(F)(F)F)C(F)(F)F)c(=O)n(-c2ccccc2)n1C. The van der Waals surface area contributed by atoms with E-state index >= 15 is 0 Å². The Kier molecular flexibility index (Phi) is 4.93. The third-order valence-electron chi connectivity index (χ3n) is 3.72.